The molecule has 1 rings (SSSR count). The Morgan fingerprint density at radius 2 is 2.06 bits per heavy atom. The molecule has 0 saturated carbocycles. The van der Waals surface area contributed by atoms with Crippen LogP contribution in [-0.4, -0.2) is 42.4 Å². The molecule has 1 amide bonds. The summed E-state index contributed by atoms with van der Waals surface area (Å²) in [6.45, 7) is 0.763. The fourth-order valence-corrected chi connectivity index (χ4v) is 2.17. The molecule has 4 heteroatoms. The van der Waals surface area contributed by atoms with Crippen molar-refractivity contribution in [2.24, 2.45) is 5.73 Å². The van der Waals surface area contributed by atoms with Gasteiger partial charge in [-0.05, 0) is 24.7 Å². The molecule has 1 unspecified atom stereocenters. The van der Waals surface area contributed by atoms with Crippen LogP contribution in [0.2, 0.25) is 0 Å². The van der Waals surface area contributed by atoms with Crippen molar-refractivity contribution in [1.82, 2.24) is 4.90 Å². The Hall–Kier alpha value is -1.00. The molecular weight excluding hydrogens is 244 g/mol. The van der Waals surface area contributed by atoms with E-state index in [2.05, 4.69) is 12.1 Å². The van der Waals surface area contributed by atoms with Crippen molar-refractivity contribution in [3.63, 3.8) is 0 Å². The second-order valence-electron chi connectivity index (χ2n) is 4.38. The number of rotatable bonds is 7. The summed E-state index contributed by atoms with van der Waals surface area (Å²) in [4.78, 5) is 13.7. The van der Waals surface area contributed by atoms with E-state index in [0.29, 0.717) is 6.42 Å². The summed E-state index contributed by atoms with van der Waals surface area (Å²) >= 11 is 1.73. The van der Waals surface area contributed by atoms with E-state index < -0.39 is 6.04 Å². The Balaban J connectivity index is 2.35. The Bertz CT molecular complexity index is 356. The molecule has 0 aliphatic heterocycles. The number of hydrogen-bond acceptors (Lipinski definition) is 3. The van der Waals surface area contributed by atoms with Crippen LogP contribution in [0.25, 0.3) is 0 Å². The van der Waals surface area contributed by atoms with Gasteiger partial charge in [-0.1, -0.05) is 30.3 Å². The van der Waals surface area contributed by atoms with E-state index in [-0.39, 0.29) is 5.91 Å². The van der Waals surface area contributed by atoms with E-state index in [9.17, 15) is 4.79 Å². The van der Waals surface area contributed by atoms with Crippen molar-refractivity contribution >= 4 is 17.7 Å². The summed E-state index contributed by atoms with van der Waals surface area (Å²) in [6, 6.07) is 9.74. The lowest BCUT2D eigenvalue weighted by Gasteiger charge is -2.20. The average Bonchev–Trinajstić information content (AvgIpc) is 2.42. The number of thioether (sulfide) groups is 1. The highest BCUT2D eigenvalue weighted by atomic mass is 32.2. The number of nitrogens with zero attached hydrogens (tertiary/aromatic N) is 1. The van der Waals surface area contributed by atoms with Crippen LogP contribution in [0, 0.1) is 0 Å². The van der Waals surface area contributed by atoms with Crippen LogP contribution in [-0.2, 0) is 11.2 Å². The third kappa shape index (κ3) is 5.10. The minimum absolute atomic E-state index is 0.0416. The molecule has 2 N–H and O–H groups in total. The minimum atomic E-state index is -0.392. The summed E-state index contributed by atoms with van der Waals surface area (Å²) in [5.74, 6) is 0.994. The molecule has 1 atom stereocenters. The molecule has 0 heterocycles. The quantitative estimate of drug-likeness (QED) is 0.818. The first-order chi connectivity index (χ1) is 8.65. The van der Waals surface area contributed by atoms with Crippen LogP contribution in [0.3, 0.4) is 0 Å². The van der Waals surface area contributed by atoms with Crippen molar-refractivity contribution in [2.45, 2.75) is 18.9 Å². The molecule has 0 bridgehead atoms. The number of aryl methyl sites for hydroxylation is 1. The van der Waals surface area contributed by atoms with Gasteiger partial charge in [0, 0.05) is 19.3 Å². The molecule has 0 radical (unpaired) electrons. The Morgan fingerprint density at radius 1 is 1.39 bits per heavy atom. The third-order valence-corrected chi connectivity index (χ3v) is 3.50. The van der Waals surface area contributed by atoms with Crippen LogP contribution < -0.4 is 5.73 Å². The lowest BCUT2D eigenvalue weighted by atomic mass is 10.1. The van der Waals surface area contributed by atoms with Crippen molar-refractivity contribution < 1.29 is 4.79 Å². The maximum absolute atomic E-state index is 12.0. The average molecular weight is 266 g/mol. The van der Waals surface area contributed by atoms with Gasteiger partial charge < -0.3 is 10.6 Å². The Kier molecular flexibility index (Phi) is 6.83. The largest absolute Gasteiger partial charge is 0.344 e. The third-order valence-electron chi connectivity index (χ3n) is 2.91. The van der Waals surface area contributed by atoms with Crippen molar-refractivity contribution in [3.8, 4) is 0 Å². The van der Waals surface area contributed by atoms with Gasteiger partial charge in [0.15, 0.2) is 0 Å². The number of likely N-dealkylation sites (N-methyl/N-ethyl adjacent to an activating group) is 1. The molecule has 0 saturated heterocycles. The molecule has 1 aromatic rings. The molecule has 3 nitrogen and oxygen atoms in total. The van der Waals surface area contributed by atoms with Gasteiger partial charge >= 0.3 is 0 Å². The second-order valence-corrected chi connectivity index (χ2v) is 5.37. The Morgan fingerprint density at radius 3 is 2.67 bits per heavy atom. The first kappa shape index (κ1) is 15.1. The molecule has 0 spiro atoms. The number of nitrogens with two attached hydrogens (primary N) is 1. The van der Waals surface area contributed by atoms with Crippen LogP contribution in [0.15, 0.2) is 30.3 Å². The molecule has 0 aliphatic carbocycles. The monoisotopic (exact) mass is 266 g/mol. The van der Waals surface area contributed by atoms with E-state index in [0.717, 1.165) is 18.7 Å². The van der Waals surface area contributed by atoms with Gasteiger partial charge in [0.2, 0.25) is 5.91 Å². The van der Waals surface area contributed by atoms with Crippen molar-refractivity contribution in [2.75, 3.05) is 25.6 Å². The summed E-state index contributed by atoms with van der Waals surface area (Å²) in [5, 5.41) is 0. The smallest absolute Gasteiger partial charge is 0.239 e. The molecule has 0 aromatic heterocycles. The molecule has 1 aromatic carbocycles. The summed E-state index contributed by atoms with van der Waals surface area (Å²) in [7, 11) is 1.82. The Labute approximate surface area is 114 Å². The zero-order chi connectivity index (χ0) is 13.4. The fraction of sp³-hybridized carbons (Fsp3) is 0.500. The van der Waals surface area contributed by atoms with Crippen LogP contribution in [0.5, 0.6) is 0 Å². The first-order valence-electron chi connectivity index (χ1n) is 6.18. The lowest BCUT2D eigenvalue weighted by Crippen LogP contribution is -2.42. The van der Waals surface area contributed by atoms with Gasteiger partial charge in [0.05, 0.1) is 6.04 Å². The normalized spacial score (nSPS) is 12.2. The summed E-state index contributed by atoms with van der Waals surface area (Å²) < 4.78 is 0. The van der Waals surface area contributed by atoms with Gasteiger partial charge in [-0.2, -0.15) is 11.8 Å². The topological polar surface area (TPSA) is 46.3 Å². The maximum atomic E-state index is 12.0. The van der Waals surface area contributed by atoms with Crippen LogP contribution in [0.1, 0.15) is 12.0 Å². The summed E-state index contributed by atoms with van der Waals surface area (Å²) in [5.41, 5.74) is 7.17. The predicted octanol–water partition coefficient (Wildman–Crippen LogP) is 1.77. The number of benzene rings is 1. The van der Waals surface area contributed by atoms with Gasteiger partial charge in [0.25, 0.3) is 0 Å². The number of carbonyl (C=O) groups excluding carboxylic acids is 1. The fourth-order valence-electron chi connectivity index (χ4n) is 1.71. The van der Waals surface area contributed by atoms with Gasteiger partial charge in [0.1, 0.15) is 0 Å². The van der Waals surface area contributed by atoms with Gasteiger partial charge in [-0.25, -0.2) is 0 Å². The second kappa shape index (κ2) is 8.16. The van der Waals surface area contributed by atoms with E-state index in [1.165, 1.54) is 5.56 Å². The van der Waals surface area contributed by atoms with Crippen molar-refractivity contribution in [3.05, 3.63) is 35.9 Å². The van der Waals surface area contributed by atoms with Crippen LogP contribution in [0.4, 0.5) is 0 Å². The predicted molar refractivity (Wildman–Crippen MR) is 78.8 cm³/mol. The van der Waals surface area contributed by atoms with Crippen molar-refractivity contribution in [1.29, 1.82) is 0 Å². The van der Waals surface area contributed by atoms with Gasteiger partial charge in [-0.3, -0.25) is 4.79 Å². The summed E-state index contributed by atoms with van der Waals surface area (Å²) in [6.07, 6.45) is 3.59. The molecule has 18 heavy (non-hydrogen) atoms. The highest BCUT2D eigenvalue weighted by Crippen LogP contribution is 2.06. The number of amides is 1. The number of hydrogen-bond donors (Lipinski definition) is 1. The van der Waals surface area contributed by atoms with Gasteiger partial charge in [-0.15, -0.1) is 0 Å². The maximum Gasteiger partial charge on any atom is 0.239 e. The lowest BCUT2D eigenvalue weighted by molar-refractivity contribution is -0.131. The highest BCUT2D eigenvalue weighted by Gasteiger charge is 2.17. The molecular formula is C14H22N2OS. The standard InChI is InChI=1S/C14H22N2OS/c1-16(10-11-18-2)14(17)13(15)9-8-12-6-4-3-5-7-12/h3-7,13H,8-11,15H2,1-2H3. The highest BCUT2D eigenvalue weighted by molar-refractivity contribution is 7.98. The molecule has 0 fully saturated rings. The SMILES string of the molecule is CSCCN(C)C(=O)C(N)CCc1ccccc1. The molecule has 100 valence electrons. The minimum Gasteiger partial charge on any atom is -0.344 e. The van der Waals surface area contributed by atoms with E-state index in [4.69, 9.17) is 5.73 Å². The first-order valence-corrected chi connectivity index (χ1v) is 7.58. The number of carbonyl (C=O) groups is 1. The van der Waals surface area contributed by atoms with Crippen LogP contribution >= 0.6 is 11.8 Å². The molecule has 0 aliphatic rings. The van der Waals surface area contributed by atoms with E-state index in [1.807, 2.05) is 31.5 Å². The zero-order valence-electron chi connectivity index (χ0n) is 11.1. The van der Waals surface area contributed by atoms with E-state index in [1.54, 1.807) is 16.7 Å². The van der Waals surface area contributed by atoms with E-state index >= 15 is 0 Å². The zero-order valence-corrected chi connectivity index (χ0v) is 12.0.